The van der Waals surface area contributed by atoms with Gasteiger partial charge in [0.1, 0.15) is 5.82 Å². The summed E-state index contributed by atoms with van der Waals surface area (Å²) in [7, 11) is -3.76. The van der Waals surface area contributed by atoms with Gasteiger partial charge in [-0.2, -0.15) is 13.2 Å². The number of fused-ring (bicyclic) bond motifs is 1. The van der Waals surface area contributed by atoms with Crippen LogP contribution in [0.5, 0.6) is 0 Å². The molecule has 0 amide bonds. The number of aromatic nitrogens is 3. The Kier molecular flexibility index (Phi) is 7.45. The van der Waals surface area contributed by atoms with Gasteiger partial charge in [0.15, 0.2) is 0 Å². The summed E-state index contributed by atoms with van der Waals surface area (Å²) in [6, 6.07) is 6.64. The Hall–Kier alpha value is -2.55. The second kappa shape index (κ2) is 10.2. The van der Waals surface area contributed by atoms with Crippen molar-refractivity contribution in [1.82, 2.24) is 19.9 Å². The highest BCUT2D eigenvalue weighted by molar-refractivity contribution is 7.89. The third kappa shape index (κ3) is 5.82. The normalized spacial score (nSPS) is 16.1. The number of halogens is 3. The average molecular weight is 531 g/mol. The first-order chi connectivity index (χ1) is 16.6. The highest BCUT2D eigenvalue weighted by Crippen LogP contribution is 2.35. The van der Waals surface area contributed by atoms with E-state index in [1.54, 1.807) is 29.3 Å². The minimum absolute atomic E-state index is 0.0102. The molecule has 9 nitrogen and oxygen atoms in total. The van der Waals surface area contributed by atoms with E-state index in [2.05, 4.69) is 19.9 Å². The summed E-state index contributed by atoms with van der Waals surface area (Å²) in [5, 5.41) is 16.7. The smallest absolute Gasteiger partial charge is 0.396 e. The maximum Gasteiger partial charge on any atom is 0.445 e. The standard InChI is InChI=1S/C21H25F3N6O3S2/c1-14(5-11-31)13-26-35(32,33)16-3-2-15-4-6-25-18(17(15)12-16)29-7-9-30(10-8-29)20-28-27-19(34-20)21(22,23)24/h2-4,6,12,14,26,31H,5,7-11,13H2,1H3. The molecule has 1 unspecified atom stereocenters. The molecule has 3 aromatic rings. The van der Waals surface area contributed by atoms with Gasteiger partial charge in [-0.1, -0.05) is 24.3 Å². The third-order valence-electron chi connectivity index (χ3n) is 5.78. The molecule has 2 N–H and O–H groups in total. The van der Waals surface area contributed by atoms with Crippen LogP contribution in [-0.4, -0.2) is 68.0 Å². The van der Waals surface area contributed by atoms with Gasteiger partial charge >= 0.3 is 6.18 Å². The number of hydrogen-bond donors (Lipinski definition) is 2. The number of piperazine rings is 1. The van der Waals surface area contributed by atoms with Crippen molar-refractivity contribution in [3.8, 4) is 0 Å². The van der Waals surface area contributed by atoms with Crippen molar-refractivity contribution >= 4 is 43.1 Å². The summed E-state index contributed by atoms with van der Waals surface area (Å²) in [4.78, 5) is 8.33. The Bertz CT molecular complexity index is 1280. The summed E-state index contributed by atoms with van der Waals surface area (Å²) in [6.07, 6.45) is -2.38. The first kappa shape index (κ1) is 25.5. The molecule has 0 bridgehead atoms. The van der Waals surface area contributed by atoms with Crippen LogP contribution >= 0.6 is 11.3 Å². The quantitative estimate of drug-likeness (QED) is 0.457. The highest BCUT2D eigenvalue weighted by Gasteiger charge is 2.36. The zero-order valence-electron chi connectivity index (χ0n) is 18.9. The lowest BCUT2D eigenvalue weighted by Crippen LogP contribution is -2.46. The van der Waals surface area contributed by atoms with Crippen molar-refractivity contribution in [3.05, 3.63) is 35.5 Å². The lowest BCUT2D eigenvalue weighted by atomic mass is 10.1. The molecule has 1 aliphatic rings. The number of benzene rings is 1. The second-order valence-corrected chi connectivity index (χ2v) is 11.1. The van der Waals surface area contributed by atoms with Gasteiger partial charge in [-0.15, -0.1) is 10.2 Å². The van der Waals surface area contributed by atoms with Crippen molar-refractivity contribution in [3.63, 3.8) is 0 Å². The molecule has 4 rings (SSSR count). The summed E-state index contributed by atoms with van der Waals surface area (Å²) in [6.45, 7) is 3.85. The van der Waals surface area contributed by atoms with Crippen molar-refractivity contribution in [2.45, 2.75) is 24.4 Å². The fraction of sp³-hybridized carbons (Fsp3) is 0.476. The summed E-state index contributed by atoms with van der Waals surface area (Å²) < 4.78 is 66.8. The predicted octanol–water partition coefficient (Wildman–Crippen LogP) is 2.73. The molecule has 2 aromatic heterocycles. The Morgan fingerprint density at radius 3 is 2.51 bits per heavy atom. The van der Waals surface area contributed by atoms with Crippen LogP contribution in [0.4, 0.5) is 24.1 Å². The Morgan fingerprint density at radius 2 is 1.86 bits per heavy atom. The largest absolute Gasteiger partial charge is 0.445 e. The van der Waals surface area contributed by atoms with Crippen LogP contribution in [0.1, 0.15) is 18.4 Å². The zero-order chi connectivity index (χ0) is 25.2. The number of pyridine rings is 1. The SMILES string of the molecule is CC(CCO)CNS(=O)(=O)c1ccc2ccnc(N3CCN(c4nnc(C(F)(F)F)s4)CC3)c2c1. The van der Waals surface area contributed by atoms with E-state index in [1.807, 2.05) is 11.8 Å². The van der Waals surface area contributed by atoms with Gasteiger partial charge in [-0.05, 0) is 35.9 Å². The van der Waals surface area contributed by atoms with Crippen LogP contribution in [-0.2, 0) is 16.2 Å². The van der Waals surface area contributed by atoms with E-state index in [0.29, 0.717) is 55.1 Å². The van der Waals surface area contributed by atoms with Gasteiger partial charge in [-0.3, -0.25) is 0 Å². The number of aliphatic hydroxyl groups is 1. The number of nitrogens with zero attached hydrogens (tertiary/aromatic N) is 5. The van der Waals surface area contributed by atoms with Gasteiger partial charge in [0.05, 0.1) is 4.90 Å². The molecule has 35 heavy (non-hydrogen) atoms. The molecule has 1 fully saturated rings. The predicted molar refractivity (Wildman–Crippen MR) is 127 cm³/mol. The van der Waals surface area contributed by atoms with Crippen LogP contribution in [0.2, 0.25) is 0 Å². The van der Waals surface area contributed by atoms with Crippen LogP contribution < -0.4 is 14.5 Å². The van der Waals surface area contributed by atoms with E-state index in [0.717, 1.165) is 5.39 Å². The average Bonchev–Trinajstić information content (AvgIpc) is 3.34. The molecule has 3 heterocycles. The van der Waals surface area contributed by atoms with Gasteiger partial charge in [0.2, 0.25) is 20.2 Å². The van der Waals surface area contributed by atoms with E-state index in [1.165, 1.54) is 6.07 Å². The molecule has 0 aliphatic carbocycles. The number of aliphatic hydroxyl groups excluding tert-OH is 1. The molecular weight excluding hydrogens is 505 g/mol. The Balaban J connectivity index is 1.51. The van der Waals surface area contributed by atoms with Crippen molar-refractivity contribution in [1.29, 1.82) is 0 Å². The first-order valence-electron chi connectivity index (χ1n) is 11.0. The lowest BCUT2D eigenvalue weighted by molar-refractivity contribution is -0.138. The fourth-order valence-corrected chi connectivity index (χ4v) is 5.73. The highest BCUT2D eigenvalue weighted by atomic mass is 32.2. The first-order valence-corrected chi connectivity index (χ1v) is 13.3. The van der Waals surface area contributed by atoms with Crippen LogP contribution in [0, 0.1) is 5.92 Å². The Morgan fingerprint density at radius 1 is 1.14 bits per heavy atom. The van der Waals surface area contributed by atoms with Crippen molar-refractivity contribution < 1.29 is 26.7 Å². The second-order valence-electron chi connectivity index (χ2n) is 8.35. The zero-order valence-corrected chi connectivity index (χ0v) is 20.5. The number of sulfonamides is 1. The lowest BCUT2D eigenvalue weighted by Gasteiger charge is -2.35. The molecule has 190 valence electrons. The van der Waals surface area contributed by atoms with Crippen LogP contribution in [0.25, 0.3) is 10.8 Å². The van der Waals surface area contributed by atoms with Gasteiger partial charge in [0, 0.05) is 50.9 Å². The molecule has 0 radical (unpaired) electrons. The molecule has 14 heteroatoms. The molecular formula is C21H25F3N6O3S2. The van der Waals surface area contributed by atoms with E-state index < -0.39 is 21.2 Å². The summed E-state index contributed by atoms with van der Waals surface area (Å²) in [5.74, 6) is 0.602. The number of rotatable bonds is 8. The van der Waals surface area contributed by atoms with Crippen molar-refractivity contribution in [2.24, 2.45) is 5.92 Å². The molecule has 1 aliphatic heterocycles. The molecule has 1 aromatic carbocycles. The van der Waals surface area contributed by atoms with Gasteiger partial charge in [-0.25, -0.2) is 18.1 Å². The number of nitrogens with one attached hydrogen (secondary N) is 1. The van der Waals surface area contributed by atoms with E-state index in [4.69, 9.17) is 5.11 Å². The molecule has 0 saturated carbocycles. The van der Waals surface area contributed by atoms with Crippen LogP contribution in [0.3, 0.4) is 0 Å². The minimum Gasteiger partial charge on any atom is -0.396 e. The number of anilines is 2. The van der Waals surface area contributed by atoms with Crippen LogP contribution in [0.15, 0.2) is 35.4 Å². The van der Waals surface area contributed by atoms with E-state index in [9.17, 15) is 21.6 Å². The van der Waals surface area contributed by atoms with Gasteiger partial charge in [0.25, 0.3) is 0 Å². The molecule has 1 atom stereocenters. The summed E-state index contributed by atoms with van der Waals surface area (Å²) >= 11 is 0.517. The minimum atomic E-state index is -4.52. The molecule has 1 saturated heterocycles. The number of hydrogen-bond acceptors (Lipinski definition) is 9. The maximum absolute atomic E-state index is 12.9. The molecule has 0 spiro atoms. The van der Waals surface area contributed by atoms with Gasteiger partial charge < -0.3 is 14.9 Å². The number of alkyl halides is 3. The monoisotopic (exact) mass is 530 g/mol. The Labute approximate surface area is 204 Å². The fourth-order valence-electron chi connectivity index (χ4n) is 3.78. The van der Waals surface area contributed by atoms with E-state index in [-0.39, 0.29) is 29.1 Å². The van der Waals surface area contributed by atoms with E-state index >= 15 is 0 Å². The maximum atomic E-state index is 12.9. The summed E-state index contributed by atoms with van der Waals surface area (Å²) in [5.41, 5.74) is 0. The van der Waals surface area contributed by atoms with Crippen molar-refractivity contribution in [2.75, 3.05) is 49.1 Å². The topological polar surface area (TPSA) is 112 Å². The third-order valence-corrected chi connectivity index (χ3v) is 8.23.